The molecule has 0 saturated heterocycles. The number of nitrogens with zero attached hydrogens (tertiary/aromatic N) is 1. The summed E-state index contributed by atoms with van der Waals surface area (Å²) in [4.78, 5) is 16.4. The summed E-state index contributed by atoms with van der Waals surface area (Å²) in [6.07, 6.45) is 2.22. The van der Waals surface area contributed by atoms with Crippen molar-refractivity contribution in [1.29, 1.82) is 0 Å². The van der Waals surface area contributed by atoms with E-state index in [1.54, 1.807) is 13.2 Å². The smallest absolute Gasteiger partial charge is 0.258 e. The summed E-state index contributed by atoms with van der Waals surface area (Å²) in [5.74, 6) is -0.266. The van der Waals surface area contributed by atoms with Crippen LogP contribution < -0.4 is 5.32 Å². The van der Waals surface area contributed by atoms with E-state index in [4.69, 9.17) is 16.3 Å². The van der Waals surface area contributed by atoms with Crippen LogP contribution in [-0.4, -0.2) is 24.6 Å². The third-order valence-corrected chi connectivity index (χ3v) is 3.39. The lowest BCUT2D eigenvalue weighted by Gasteiger charge is -2.11. The fourth-order valence-corrected chi connectivity index (χ4v) is 2.25. The topological polar surface area (TPSA) is 51.2 Å². The molecule has 1 aromatic heterocycles. The van der Waals surface area contributed by atoms with Gasteiger partial charge in [-0.25, -0.2) is 0 Å². The molecule has 4 nitrogen and oxygen atoms in total. The molecule has 1 N–H and O–H groups in total. The molecule has 2 rings (SSSR count). The molecule has 0 saturated carbocycles. The fraction of sp³-hybridized carbons (Fsp3) is 0.250. The Morgan fingerprint density at radius 3 is 2.86 bits per heavy atom. The van der Waals surface area contributed by atoms with Crippen LogP contribution in [0.1, 0.15) is 21.6 Å². The van der Waals surface area contributed by atoms with Gasteiger partial charge in [-0.2, -0.15) is 0 Å². The summed E-state index contributed by atoms with van der Waals surface area (Å²) in [7, 11) is 1.65. The van der Waals surface area contributed by atoms with E-state index in [9.17, 15) is 4.79 Å². The van der Waals surface area contributed by atoms with Crippen LogP contribution in [0.2, 0.25) is 5.02 Å². The number of carbonyl (C=O) groups excluding carboxylic acids is 1. The van der Waals surface area contributed by atoms with E-state index in [0.29, 0.717) is 17.2 Å². The average molecular weight is 305 g/mol. The van der Waals surface area contributed by atoms with E-state index in [2.05, 4.69) is 10.3 Å². The maximum atomic E-state index is 12.3. The van der Waals surface area contributed by atoms with Gasteiger partial charge >= 0.3 is 0 Å². The molecule has 110 valence electrons. The van der Waals surface area contributed by atoms with Crippen LogP contribution in [-0.2, 0) is 11.2 Å². The van der Waals surface area contributed by atoms with Crippen molar-refractivity contribution in [3.05, 3.63) is 58.4 Å². The number of aromatic nitrogens is 1. The Morgan fingerprint density at radius 1 is 1.38 bits per heavy atom. The lowest BCUT2D eigenvalue weighted by Crippen LogP contribution is -2.14. The van der Waals surface area contributed by atoms with E-state index in [0.717, 1.165) is 23.4 Å². The van der Waals surface area contributed by atoms with E-state index >= 15 is 0 Å². The van der Waals surface area contributed by atoms with E-state index in [-0.39, 0.29) is 5.91 Å². The molecule has 0 atom stereocenters. The molecule has 0 aliphatic heterocycles. The third kappa shape index (κ3) is 4.03. The van der Waals surface area contributed by atoms with Crippen molar-refractivity contribution in [2.75, 3.05) is 19.0 Å². The van der Waals surface area contributed by atoms with Gasteiger partial charge in [0, 0.05) is 24.7 Å². The molecular weight excluding hydrogens is 288 g/mol. The molecule has 0 aliphatic carbocycles. The summed E-state index contributed by atoms with van der Waals surface area (Å²) in [6, 6.07) is 9.30. The Morgan fingerprint density at radius 2 is 2.14 bits per heavy atom. The summed E-state index contributed by atoms with van der Waals surface area (Å²) in [6.45, 7) is 2.42. The summed E-state index contributed by atoms with van der Waals surface area (Å²) in [5, 5.41) is 3.27. The van der Waals surface area contributed by atoms with Crippen molar-refractivity contribution < 1.29 is 9.53 Å². The van der Waals surface area contributed by atoms with Crippen LogP contribution in [0.4, 0.5) is 5.69 Å². The zero-order valence-electron chi connectivity index (χ0n) is 12.0. The summed E-state index contributed by atoms with van der Waals surface area (Å²) < 4.78 is 5.08. The van der Waals surface area contributed by atoms with Crippen LogP contribution >= 0.6 is 11.6 Å². The molecule has 1 heterocycles. The van der Waals surface area contributed by atoms with Crippen LogP contribution in [0.3, 0.4) is 0 Å². The first-order chi connectivity index (χ1) is 10.1. The summed E-state index contributed by atoms with van der Waals surface area (Å²) in [5.41, 5.74) is 2.92. The number of pyridine rings is 1. The largest absolute Gasteiger partial charge is 0.384 e. The molecular formula is C16H17ClN2O2. The van der Waals surface area contributed by atoms with Crippen molar-refractivity contribution in [1.82, 2.24) is 4.98 Å². The number of rotatable bonds is 5. The second-order valence-corrected chi connectivity index (χ2v) is 5.07. The minimum absolute atomic E-state index is 0.266. The van der Waals surface area contributed by atoms with Gasteiger partial charge < -0.3 is 10.1 Å². The number of carbonyl (C=O) groups is 1. The number of hydrogen-bond donors (Lipinski definition) is 1. The molecule has 21 heavy (non-hydrogen) atoms. The maximum absolute atomic E-state index is 12.3. The molecule has 0 fully saturated rings. The highest BCUT2D eigenvalue weighted by Crippen LogP contribution is 2.20. The minimum Gasteiger partial charge on any atom is -0.384 e. The van der Waals surface area contributed by atoms with Gasteiger partial charge in [0.05, 0.1) is 17.2 Å². The number of methoxy groups -OCH3 is 1. The van der Waals surface area contributed by atoms with E-state index in [1.165, 1.54) is 6.20 Å². The Hall–Kier alpha value is -1.91. The zero-order chi connectivity index (χ0) is 15.2. The van der Waals surface area contributed by atoms with E-state index in [1.807, 2.05) is 31.2 Å². The monoisotopic (exact) mass is 304 g/mol. The number of hydrogen-bond acceptors (Lipinski definition) is 3. The number of benzene rings is 1. The highest BCUT2D eigenvalue weighted by Gasteiger charge is 2.13. The number of halogens is 1. The van der Waals surface area contributed by atoms with Crippen LogP contribution in [0.25, 0.3) is 0 Å². The van der Waals surface area contributed by atoms with Gasteiger partial charge in [-0.15, -0.1) is 0 Å². The maximum Gasteiger partial charge on any atom is 0.258 e. The van der Waals surface area contributed by atoms with Gasteiger partial charge in [0.2, 0.25) is 0 Å². The molecule has 2 aromatic rings. The first-order valence-electron chi connectivity index (χ1n) is 6.62. The van der Waals surface area contributed by atoms with Crippen molar-refractivity contribution in [3.63, 3.8) is 0 Å². The first kappa shape index (κ1) is 15.5. The first-order valence-corrected chi connectivity index (χ1v) is 7.00. The van der Waals surface area contributed by atoms with Crippen LogP contribution in [0.5, 0.6) is 0 Å². The van der Waals surface area contributed by atoms with Crippen LogP contribution in [0, 0.1) is 6.92 Å². The lowest BCUT2D eigenvalue weighted by molar-refractivity contribution is 0.102. The Labute approximate surface area is 129 Å². The van der Waals surface area contributed by atoms with Crippen molar-refractivity contribution >= 4 is 23.2 Å². The van der Waals surface area contributed by atoms with Gasteiger partial charge in [0.15, 0.2) is 0 Å². The lowest BCUT2D eigenvalue weighted by atomic mass is 10.1. The molecule has 5 heteroatoms. The zero-order valence-corrected chi connectivity index (χ0v) is 12.8. The standard InChI is InChI=1S/C16H17ClN2O2/c1-11-9-14(17)13(10-18-11)16(20)19-15-6-4-3-5-12(15)7-8-21-2/h3-6,9-10H,7-8H2,1-2H3,(H,19,20). The SMILES string of the molecule is COCCc1ccccc1NC(=O)c1cnc(C)cc1Cl. The number of nitrogens with one attached hydrogen (secondary N) is 1. The number of anilines is 1. The van der Waals surface area contributed by atoms with Gasteiger partial charge in [0.1, 0.15) is 0 Å². The molecule has 1 amide bonds. The van der Waals surface area contributed by atoms with Gasteiger partial charge in [-0.05, 0) is 31.0 Å². The fourth-order valence-electron chi connectivity index (χ4n) is 1.96. The number of ether oxygens (including phenoxy) is 1. The van der Waals surface area contributed by atoms with Crippen molar-refractivity contribution in [2.45, 2.75) is 13.3 Å². The molecule has 1 aromatic carbocycles. The molecule has 0 unspecified atom stereocenters. The van der Waals surface area contributed by atoms with Crippen LogP contribution in [0.15, 0.2) is 36.5 Å². The Balaban J connectivity index is 2.19. The van der Waals surface area contributed by atoms with E-state index < -0.39 is 0 Å². The van der Waals surface area contributed by atoms with Crippen molar-refractivity contribution in [2.24, 2.45) is 0 Å². The molecule has 0 radical (unpaired) electrons. The molecule has 0 aliphatic rings. The Kier molecular flexibility index (Phi) is 5.31. The third-order valence-electron chi connectivity index (χ3n) is 3.08. The summed E-state index contributed by atoms with van der Waals surface area (Å²) >= 11 is 6.09. The average Bonchev–Trinajstić information content (AvgIpc) is 2.46. The highest BCUT2D eigenvalue weighted by molar-refractivity contribution is 6.34. The number of para-hydroxylation sites is 1. The number of aryl methyl sites for hydroxylation is 1. The second-order valence-electron chi connectivity index (χ2n) is 4.66. The normalized spacial score (nSPS) is 10.4. The van der Waals surface area contributed by atoms with Gasteiger partial charge in [-0.3, -0.25) is 9.78 Å². The number of amides is 1. The highest BCUT2D eigenvalue weighted by atomic mass is 35.5. The quantitative estimate of drug-likeness (QED) is 0.920. The van der Waals surface area contributed by atoms with Crippen molar-refractivity contribution in [3.8, 4) is 0 Å². The van der Waals surface area contributed by atoms with Gasteiger partial charge in [-0.1, -0.05) is 29.8 Å². The predicted octanol–water partition coefficient (Wildman–Crippen LogP) is 3.48. The molecule has 0 bridgehead atoms. The predicted molar refractivity (Wildman–Crippen MR) is 84.0 cm³/mol. The second kappa shape index (κ2) is 7.20. The molecule has 0 spiro atoms. The minimum atomic E-state index is -0.266. The Bertz CT molecular complexity index is 644. The van der Waals surface area contributed by atoms with Gasteiger partial charge in [0.25, 0.3) is 5.91 Å².